The van der Waals surface area contributed by atoms with Gasteiger partial charge >= 0.3 is 0 Å². The molecule has 3 nitrogen and oxygen atoms in total. The maximum Gasteiger partial charge on any atom is 0.103 e. The number of rotatable bonds is 1. The number of fused-ring (bicyclic) bond motifs is 3. The largest absolute Gasteiger partial charge is 0.411 e. The minimum atomic E-state index is 0.737. The molecule has 3 heteroatoms. The molecule has 1 aromatic heterocycles. The third-order valence-electron chi connectivity index (χ3n) is 5.51. The molecule has 2 aliphatic rings. The smallest absolute Gasteiger partial charge is 0.103 e. The number of H-pyrrole nitrogens is 1. The lowest BCUT2D eigenvalue weighted by molar-refractivity contribution is 0.318. The molecule has 0 radical (unpaired) electrons. The molecule has 2 aromatic rings. The second-order valence-corrected chi connectivity index (χ2v) is 6.87. The fourth-order valence-electron chi connectivity index (χ4n) is 4.28. The Morgan fingerprint density at radius 1 is 1.00 bits per heavy atom. The van der Waals surface area contributed by atoms with Gasteiger partial charge < -0.3 is 10.2 Å². The van der Waals surface area contributed by atoms with Crippen molar-refractivity contribution in [2.24, 2.45) is 5.16 Å². The van der Waals surface area contributed by atoms with Crippen LogP contribution in [-0.4, -0.2) is 15.9 Å². The zero-order valence-corrected chi connectivity index (χ0v) is 13.1. The molecule has 0 unspecified atom stereocenters. The van der Waals surface area contributed by atoms with Gasteiger partial charge in [0, 0.05) is 10.9 Å². The van der Waals surface area contributed by atoms with Gasteiger partial charge in [-0.15, -0.1) is 0 Å². The van der Waals surface area contributed by atoms with Crippen LogP contribution in [-0.2, 0) is 6.42 Å². The lowest BCUT2D eigenvalue weighted by Gasteiger charge is -2.22. The van der Waals surface area contributed by atoms with E-state index >= 15 is 0 Å². The Labute approximate surface area is 131 Å². The summed E-state index contributed by atoms with van der Waals surface area (Å²) in [5, 5.41) is 14.2. The van der Waals surface area contributed by atoms with Gasteiger partial charge in [-0.05, 0) is 67.7 Å². The number of aromatic amines is 1. The SMILES string of the molecule is O/N=C1/CCCCc2c1[nH]c1ccc(C3CCCCC3)cc21. The van der Waals surface area contributed by atoms with E-state index in [0.29, 0.717) is 0 Å². The average molecular weight is 296 g/mol. The van der Waals surface area contributed by atoms with E-state index in [1.165, 1.54) is 60.6 Å². The predicted octanol–water partition coefficient (Wildman–Crippen LogP) is 5.12. The van der Waals surface area contributed by atoms with Gasteiger partial charge in [0.05, 0.1) is 5.69 Å². The van der Waals surface area contributed by atoms with Crippen LogP contribution in [0.5, 0.6) is 0 Å². The molecular weight excluding hydrogens is 272 g/mol. The molecule has 0 saturated heterocycles. The van der Waals surface area contributed by atoms with Crippen LogP contribution in [0.3, 0.4) is 0 Å². The molecule has 2 N–H and O–H groups in total. The lowest BCUT2D eigenvalue weighted by Crippen LogP contribution is -2.04. The van der Waals surface area contributed by atoms with Gasteiger partial charge in [-0.3, -0.25) is 0 Å². The minimum absolute atomic E-state index is 0.737. The molecule has 0 bridgehead atoms. The predicted molar refractivity (Wildman–Crippen MR) is 90.0 cm³/mol. The van der Waals surface area contributed by atoms with Crippen molar-refractivity contribution < 1.29 is 5.21 Å². The molecule has 1 heterocycles. The van der Waals surface area contributed by atoms with Gasteiger partial charge in [-0.25, -0.2) is 0 Å². The van der Waals surface area contributed by atoms with Crippen molar-refractivity contribution >= 4 is 16.6 Å². The normalized spacial score (nSPS) is 21.9. The summed E-state index contributed by atoms with van der Waals surface area (Å²) in [5.41, 5.74) is 5.94. The van der Waals surface area contributed by atoms with Gasteiger partial charge in [-0.1, -0.05) is 30.5 Å². The van der Waals surface area contributed by atoms with Crippen LogP contribution < -0.4 is 0 Å². The van der Waals surface area contributed by atoms with Crippen LogP contribution in [0.4, 0.5) is 0 Å². The monoisotopic (exact) mass is 296 g/mol. The number of oxime groups is 1. The lowest BCUT2D eigenvalue weighted by atomic mass is 9.83. The first-order valence-corrected chi connectivity index (χ1v) is 8.72. The Kier molecular flexibility index (Phi) is 3.65. The molecule has 1 saturated carbocycles. The maximum absolute atomic E-state index is 9.31. The number of nitrogens with zero attached hydrogens (tertiary/aromatic N) is 1. The average Bonchev–Trinajstić information content (AvgIpc) is 2.81. The van der Waals surface area contributed by atoms with Crippen molar-refractivity contribution in [1.82, 2.24) is 4.98 Å². The third kappa shape index (κ3) is 2.33. The van der Waals surface area contributed by atoms with Crippen molar-refractivity contribution in [1.29, 1.82) is 0 Å². The second kappa shape index (κ2) is 5.79. The number of hydrogen-bond donors (Lipinski definition) is 2. The summed E-state index contributed by atoms with van der Waals surface area (Å²) in [4.78, 5) is 3.50. The van der Waals surface area contributed by atoms with Gasteiger partial charge in [0.25, 0.3) is 0 Å². The molecule has 0 spiro atoms. The van der Waals surface area contributed by atoms with Crippen molar-refractivity contribution in [2.75, 3.05) is 0 Å². The first kappa shape index (κ1) is 13.9. The summed E-state index contributed by atoms with van der Waals surface area (Å²) in [7, 11) is 0. The highest BCUT2D eigenvalue weighted by Crippen LogP contribution is 2.36. The van der Waals surface area contributed by atoms with Crippen molar-refractivity contribution in [3.8, 4) is 0 Å². The molecule has 0 atom stereocenters. The Morgan fingerprint density at radius 3 is 2.64 bits per heavy atom. The Hall–Kier alpha value is -1.77. The van der Waals surface area contributed by atoms with Crippen LogP contribution in [0.25, 0.3) is 10.9 Å². The summed E-state index contributed by atoms with van der Waals surface area (Å²) < 4.78 is 0. The number of benzene rings is 1. The van der Waals surface area contributed by atoms with Crippen molar-refractivity contribution in [3.05, 3.63) is 35.0 Å². The van der Waals surface area contributed by atoms with E-state index in [-0.39, 0.29) is 0 Å². The van der Waals surface area contributed by atoms with E-state index in [1.54, 1.807) is 0 Å². The molecule has 22 heavy (non-hydrogen) atoms. The van der Waals surface area contributed by atoms with Crippen molar-refractivity contribution in [3.63, 3.8) is 0 Å². The molecule has 1 aromatic carbocycles. The molecule has 0 aliphatic heterocycles. The van der Waals surface area contributed by atoms with E-state index in [4.69, 9.17) is 0 Å². The van der Waals surface area contributed by atoms with Gasteiger partial charge in [0.15, 0.2) is 0 Å². The highest BCUT2D eigenvalue weighted by molar-refractivity contribution is 6.05. The van der Waals surface area contributed by atoms with Gasteiger partial charge in [0.2, 0.25) is 0 Å². The summed E-state index contributed by atoms with van der Waals surface area (Å²) >= 11 is 0. The summed E-state index contributed by atoms with van der Waals surface area (Å²) in [5.74, 6) is 0.737. The highest BCUT2D eigenvalue weighted by atomic mass is 16.4. The van der Waals surface area contributed by atoms with Crippen LogP contribution in [0.15, 0.2) is 23.4 Å². The Morgan fingerprint density at radius 2 is 1.82 bits per heavy atom. The third-order valence-corrected chi connectivity index (χ3v) is 5.51. The Balaban J connectivity index is 1.80. The fourth-order valence-corrected chi connectivity index (χ4v) is 4.28. The first-order chi connectivity index (χ1) is 10.9. The summed E-state index contributed by atoms with van der Waals surface area (Å²) in [6.45, 7) is 0. The van der Waals surface area contributed by atoms with Crippen LogP contribution >= 0.6 is 0 Å². The van der Waals surface area contributed by atoms with Crippen molar-refractivity contribution in [2.45, 2.75) is 63.7 Å². The molecule has 1 fully saturated rings. The number of nitrogens with one attached hydrogen (secondary N) is 1. The highest BCUT2D eigenvalue weighted by Gasteiger charge is 2.21. The number of hydrogen-bond acceptors (Lipinski definition) is 2. The molecule has 0 amide bonds. The summed E-state index contributed by atoms with van der Waals surface area (Å²) in [6, 6.07) is 6.92. The fraction of sp³-hybridized carbons (Fsp3) is 0.526. The second-order valence-electron chi connectivity index (χ2n) is 6.87. The molecule has 116 valence electrons. The zero-order valence-electron chi connectivity index (χ0n) is 13.1. The minimum Gasteiger partial charge on any atom is -0.411 e. The van der Waals surface area contributed by atoms with E-state index in [0.717, 1.165) is 36.6 Å². The zero-order chi connectivity index (χ0) is 14.9. The topological polar surface area (TPSA) is 48.4 Å². The quantitative estimate of drug-likeness (QED) is 0.428. The maximum atomic E-state index is 9.31. The molecule has 2 aliphatic carbocycles. The van der Waals surface area contributed by atoms with Gasteiger partial charge in [-0.2, -0.15) is 0 Å². The van der Waals surface area contributed by atoms with Crippen LogP contribution in [0.2, 0.25) is 0 Å². The molecule has 4 rings (SSSR count). The van der Waals surface area contributed by atoms with Crippen LogP contribution in [0.1, 0.15) is 74.1 Å². The number of aromatic nitrogens is 1. The van der Waals surface area contributed by atoms with E-state index in [9.17, 15) is 5.21 Å². The first-order valence-electron chi connectivity index (χ1n) is 8.72. The van der Waals surface area contributed by atoms with Crippen LogP contribution in [0, 0.1) is 0 Å². The van der Waals surface area contributed by atoms with E-state index < -0.39 is 0 Å². The Bertz CT molecular complexity index is 708. The van der Waals surface area contributed by atoms with Gasteiger partial charge in [0.1, 0.15) is 5.71 Å². The van der Waals surface area contributed by atoms with E-state index in [1.807, 2.05) is 0 Å². The summed E-state index contributed by atoms with van der Waals surface area (Å²) in [6.07, 6.45) is 11.0. The number of aryl methyl sites for hydroxylation is 1. The van der Waals surface area contributed by atoms with E-state index in [2.05, 4.69) is 28.3 Å². The standard InChI is InChI=1S/C19H24N2O/c22-21-18-9-5-4-8-15-16-12-14(13-6-2-1-3-7-13)10-11-17(16)20-19(15)18/h10-13,20,22H,1-9H2/b21-18-. The molecular formula is C19H24N2O.